The molecule has 0 bridgehead atoms. The van der Waals surface area contributed by atoms with E-state index in [1.54, 1.807) is 24.7 Å². The number of aliphatic hydroxyl groups is 1. The van der Waals surface area contributed by atoms with Crippen LogP contribution in [0.25, 0.3) is 6.08 Å². The van der Waals surface area contributed by atoms with E-state index in [-0.39, 0.29) is 11.9 Å². The molecule has 5 nitrogen and oxygen atoms in total. The Morgan fingerprint density at radius 1 is 1.42 bits per heavy atom. The van der Waals surface area contributed by atoms with Gasteiger partial charge in [-0.2, -0.15) is 0 Å². The Balaban J connectivity index is 1.33. The van der Waals surface area contributed by atoms with Gasteiger partial charge in [-0.1, -0.05) is 0 Å². The summed E-state index contributed by atoms with van der Waals surface area (Å²) in [6.07, 6.45) is 13.0. The third-order valence-electron chi connectivity index (χ3n) is 6.59. The Morgan fingerprint density at radius 2 is 2.27 bits per heavy atom. The van der Waals surface area contributed by atoms with Gasteiger partial charge in [-0.3, -0.25) is 4.79 Å². The van der Waals surface area contributed by atoms with Crippen LogP contribution in [0.15, 0.2) is 29.1 Å². The number of amides is 1. The Bertz CT molecular complexity index is 652. The summed E-state index contributed by atoms with van der Waals surface area (Å²) in [5.74, 6) is 1.20. The molecule has 26 heavy (non-hydrogen) atoms. The molecule has 1 aromatic rings. The van der Waals surface area contributed by atoms with E-state index in [1.807, 2.05) is 18.0 Å². The van der Waals surface area contributed by atoms with Gasteiger partial charge in [0.15, 0.2) is 0 Å². The zero-order chi connectivity index (χ0) is 18.1. The molecule has 1 N–H and O–H groups in total. The lowest BCUT2D eigenvalue weighted by molar-refractivity contribution is -0.136. The molecule has 2 saturated carbocycles. The van der Waals surface area contributed by atoms with E-state index < -0.39 is 5.60 Å². The summed E-state index contributed by atoms with van der Waals surface area (Å²) in [7, 11) is 1.89. The van der Waals surface area contributed by atoms with Crippen molar-refractivity contribution in [2.24, 2.45) is 11.8 Å². The van der Waals surface area contributed by atoms with Crippen molar-refractivity contribution in [1.29, 1.82) is 0 Å². The van der Waals surface area contributed by atoms with Crippen molar-refractivity contribution in [1.82, 2.24) is 9.80 Å². The van der Waals surface area contributed by atoms with Gasteiger partial charge in [0.25, 0.3) is 0 Å². The molecule has 1 aliphatic heterocycles. The smallest absolute Gasteiger partial charge is 0.246 e. The van der Waals surface area contributed by atoms with Gasteiger partial charge in [0, 0.05) is 37.8 Å². The van der Waals surface area contributed by atoms with Gasteiger partial charge in [0.1, 0.15) is 0 Å². The van der Waals surface area contributed by atoms with Crippen LogP contribution in [0.3, 0.4) is 0 Å². The third kappa shape index (κ3) is 3.89. The average molecular weight is 358 g/mol. The molecule has 3 aliphatic rings. The highest BCUT2D eigenvalue weighted by atomic mass is 16.3. The predicted octanol–water partition coefficient (Wildman–Crippen LogP) is 2.77. The summed E-state index contributed by atoms with van der Waals surface area (Å²) >= 11 is 0. The average Bonchev–Trinajstić information content (AvgIpc) is 3.29. The zero-order valence-corrected chi connectivity index (χ0v) is 15.6. The molecule has 5 heteroatoms. The molecule has 0 aromatic carbocycles. The standard InChI is InChI=1S/C21H30N2O3/c1-22(20(24)5-4-17-8-11-26-14-17)19-6-9-21(25)15-23(13-16-2-3-16)10-7-18(21)12-19/h4-5,8,11,14,16,18-19,25H,2-3,6-7,9-10,12-13,15H2,1H3/b5-4+/t18-,19+,21-/m1/s1. The molecule has 0 spiro atoms. The second-order valence-electron chi connectivity index (χ2n) is 8.54. The summed E-state index contributed by atoms with van der Waals surface area (Å²) < 4.78 is 5.02. The fourth-order valence-electron chi connectivity index (χ4n) is 4.69. The van der Waals surface area contributed by atoms with Crippen molar-refractivity contribution < 1.29 is 14.3 Å². The molecule has 1 saturated heterocycles. The molecule has 2 aliphatic carbocycles. The molecule has 2 heterocycles. The minimum Gasteiger partial charge on any atom is -0.472 e. The van der Waals surface area contributed by atoms with Crippen molar-refractivity contribution >= 4 is 12.0 Å². The second-order valence-corrected chi connectivity index (χ2v) is 8.54. The first kappa shape index (κ1) is 17.8. The van der Waals surface area contributed by atoms with Gasteiger partial charge >= 0.3 is 0 Å². The van der Waals surface area contributed by atoms with Gasteiger partial charge in [-0.15, -0.1) is 0 Å². The van der Waals surface area contributed by atoms with E-state index in [1.165, 1.54) is 12.8 Å². The van der Waals surface area contributed by atoms with E-state index in [2.05, 4.69) is 4.90 Å². The molecular formula is C21H30N2O3. The Kier molecular flexibility index (Phi) is 4.93. The third-order valence-corrected chi connectivity index (χ3v) is 6.59. The fourth-order valence-corrected chi connectivity index (χ4v) is 4.69. The van der Waals surface area contributed by atoms with Crippen LogP contribution in [-0.2, 0) is 4.79 Å². The molecule has 142 valence electrons. The SMILES string of the molecule is CN(C(=O)/C=C/c1ccoc1)[C@H]1CC[C@@]2(O)CN(CC3CC3)CC[C@@H]2C1. The van der Waals surface area contributed by atoms with E-state index in [0.29, 0.717) is 5.92 Å². The van der Waals surface area contributed by atoms with Gasteiger partial charge in [0.2, 0.25) is 5.91 Å². The highest BCUT2D eigenvalue weighted by Gasteiger charge is 2.47. The van der Waals surface area contributed by atoms with Crippen LogP contribution < -0.4 is 0 Å². The lowest BCUT2D eigenvalue weighted by atomic mass is 9.69. The van der Waals surface area contributed by atoms with Crippen molar-refractivity contribution in [3.63, 3.8) is 0 Å². The number of carbonyl (C=O) groups excluding carboxylic acids is 1. The second kappa shape index (κ2) is 7.20. The largest absolute Gasteiger partial charge is 0.472 e. The number of likely N-dealkylation sites (tertiary alicyclic amines) is 1. The summed E-state index contributed by atoms with van der Waals surface area (Å²) in [5.41, 5.74) is 0.341. The molecule has 4 rings (SSSR count). The normalized spacial score (nSPS) is 32.5. The first-order chi connectivity index (χ1) is 12.5. The monoisotopic (exact) mass is 358 g/mol. The minimum atomic E-state index is -0.555. The first-order valence-corrected chi connectivity index (χ1v) is 9.95. The zero-order valence-electron chi connectivity index (χ0n) is 15.6. The van der Waals surface area contributed by atoms with Crippen LogP contribution in [0.1, 0.15) is 44.1 Å². The predicted molar refractivity (Wildman–Crippen MR) is 100 cm³/mol. The first-order valence-electron chi connectivity index (χ1n) is 9.95. The van der Waals surface area contributed by atoms with E-state index in [9.17, 15) is 9.90 Å². The summed E-state index contributed by atoms with van der Waals surface area (Å²) in [6, 6.07) is 2.05. The highest BCUT2D eigenvalue weighted by molar-refractivity contribution is 5.91. The topological polar surface area (TPSA) is 56.9 Å². The van der Waals surface area contributed by atoms with Crippen LogP contribution in [0.4, 0.5) is 0 Å². The minimum absolute atomic E-state index is 0.0211. The number of carbonyl (C=O) groups is 1. The summed E-state index contributed by atoms with van der Waals surface area (Å²) in [6.45, 7) is 3.07. The Hall–Kier alpha value is -1.59. The number of furan rings is 1. The number of nitrogens with zero attached hydrogens (tertiary/aromatic N) is 2. The molecule has 3 atom stereocenters. The van der Waals surface area contributed by atoms with Crippen LogP contribution in [0.5, 0.6) is 0 Å². The van der Waals surface area contributed by atoms with E-state index in [4.69, 9.17) is 4.42 Å². The molecule has 0 radical (unpaired) electrons. The molecule has 1 amide bonds. The van der Waals surface area contributed by atoms with E-state index in [0.717, 1.165) is 56.8 Å². The Morgan fingerprint density at radius 3 is 3.00 bits per heavy atom. The van der Waals surface area contributed by atoms with Gasteiger partial charge in [-0.05, 0) is 69.0 Å². The summed E-state index contributed by atoms with van der Waals surface area (Å²) in [4.78, 5) is 16.8. The summed E-state index contributed by atoms with van der Waals surface area (Å²) in [5, 5.41) is 11.2. The van der Waals surface area contributed by atoms with Gasteiger partial charge in [-0.25, -0.2) is 0 Å². The van der Waals surface area contributed by atoms with Crippen molar-refractivity contribution in [2.75, 3.05) is 26.7 Å². The van der Waals surface area contributed by atoms with Crippen LogP contribution >= 0.6 is 0 Å². The number of likely N-dealkylation sites (N-methyl/N-ethyl adjacent to an activating group) is 1. The number of hydrogen-bond acceptors (Lipinski definition) is 4. The van der Waals surface area contributed by atoms with E-state index >= 15 is 0 Å². The maximum Gasteiger partial charge on any atom is 0.246 e. The Labute approximate surface area is 155 Å². The van der Waals surface area contributed by atoms with Crippen LogP contribution in [0.2, 0.25) is 0 Å². The maximum atomic E-state index is 12.5. The number of β-amino-alcohol motifs (C(OH)–C–C–N with tert-alkyl or cyclic N) is 1. The maximum absolute atomic E-state index is 12.5. The van der Waals surface area contributed by atoms with Crippen molar-refractivity contribution in [2.45, 2.75) is 50.2 Å². The molecule has 0 unspecified atom stereocenters. The lowest BCUT2D eigenvalue weighted by Gasteiger charge is -2.50. The molecule has 1 aromatic heterocycles. The number of fused-ring (bicyclic) bond motifs is 1. The quantitative estimate of drug-likeness (QED) is 0.823. The highest BCUT2D eigenvalue weighted by Crippen LogP contribution is 2.42. The molecule has 3 fully saturated rings. The van der Waals surface area contributed by atoms with Gasteiger partial charge < -0.3 is 19.3 Å². The number of piperidine rings is 1. The van der Waals surface area contributed by atoms with Crippen molar-refractivity contribution in [3.05, 3.63) is 30.2 Å². The number of rotatable bonds is 5. The van der Waals surface area contributed by atoms with Gasteiger partial charge in [0.05, 0.1) is 18.1 Å². The van der Waals surface area contributed by atoms with Crippen LogP contribution in [-0.4, -0.2) is 59.1 Å². The molecular weight excluding hydrogens is 328 g/mol. The fraction of sp³-hybridized carbons (Fsp3) is 0.667. The van der Waals surface area contributed by atoms with Crippen LogP contribution in [0, 0.1) is 11.8 Å². The van der Waals surface area contributed by atoms with Crippen molar-refractivity contribution in [3.8, 4) is 0 Å². The number of hydrogen-bond donors (Lipinski definition) is 1. The lowest BCUT2D eigenvalue weighted by Crippen LogP contribution is -2.58.